The number of hydrogen-bond donors (Lipinski definition) is 2. The number of aromatic nitrogens is 3. The van der Waals surface area contributed by atoms with Crippen molar-refractivity contribution >= 4 is 0 Å². The second kappa shape index (κ2) is 4.06. The van der Waals surface area contributed by atoms with Crippen LogP contribution >= 0.6 is 0 Å². The molecule has 2 N–H and O–H groups in total. The van der Waals surface area contributed by atoms with Gasteiger partial charge in [0, 0.05) is 19.2 Å². The standard InChI is InChI=1S/C9H11N3O2/c13-6-2-4-8-11-9(12-14-8)7-3-1-5-10-7/h1,3,5,10,13H,2,4,6H2. The molecule has 2 heterocycles. The third kappa shape index (κ3) is 1.82. The molecule has 0 aliphatic carbocycles. The number of aryl methyl sites for hydroxylation is 1. The number of H-pyrrole nitrogens is 1. The summed E-state index contributed by atoms with van der Waals surface area (Å²) in [5.41, 5.74) is 0.837. The first-order valence-electron chi connectivity index (χ1n) is 4.47. The Labute approximate surface area is 80.8 Å². The van der Waals surface area contributed by atoms with Crippen LogP contribution in [0.5, 0.6) is 0 Å². The van der Waals surface area contributed by atoms with E-state index in [9.17, 15) is 0 Å². The van der Waals surface area contributed by atoms with Crippen molar-refractivity contribution in [3.05, 3.63) is 24.2 Å². The topological polar surface area (TPSA) is 74.9 Å². The van der Waals surface area contributed by atoms with Crippen molar-refractivity contribution in [2.24, 2.45) is 0 Å². The molecule has 2 aromatic rings. The van der Waals surface area contributed by atoms with Gasteiger partial charge >= 0.3 is 0 Å². The lowest BCUT2D eigenvalue weighted by Crippen LogP contribution is -1.89. The van der Waals surface area contributed by atoms with Gasteiger partial charge in [0.05, 0.1) is 5.69 Å². The fraction of sp³-hybridized carbons (Fsp3) is 0.333. The van der Waals surface area contributed by atoms with Crippen LogP contribution < -0.4 is 0 Å². The summed E-state index contributed by atoms with van der Waals surface area (Å²) in [4.78, 5) is 7.16. The first-order chi connectivity index (χ1) is 6.90. The van der Waals surface area contributed by atoms with Gasteiger partial charge in [-0.1, -0.05) is 5.16 Å². The molecule has 0 bridgehead atoms. The maximum atomic E-state index is 8.62. The average Bonchev–Trinajstić information content (AvgIpc) is 2.85. The Morgan fingerprint density at radius 2 is 2.43 bits per heavy atom. The van der Waals surface area contributed by atoms with Gasteiger partial charge in [0.1, 0.15) is 0 Å². The summed E-state index contributed by atoms with van der Waals surface area (Å²) in [6, 6.07) is 3.75. The molecule has 0 fully saturated rings. The van der Waals surface area contributed by atoms with E-state index in [0.29, 0.717) is 24.6 Å². The monoisotopic (exact) mass is 193 g/mol. The molecule has 74 valence electrons. The molecule has 2 rings (SSSR count). The largest absolute Gasteiger partial charge is 0.396 e. The van der Waals surface area contributed by atoms with Crippen molar-refractivity contribution in [1.82, 2.24) is 15.1 Å². The van der Waals surface area contributed by atoms with Gasteiger partial charge in [-0.05, 0) is 18.6 Å². The number of aliphatic hydroxyl groups excluding tert-OH is 1. The highest BCUT2D eigenvalue weighted by Crippen LogP contribution is 2.12. The maximum absolute atomic E-state index is 8.62. The molecule has 0 aliphatic rings. The second-order valence-electron chi connectivity index (χ2n) is 2.92. The molecule has 0 aliphatic heterocycles. The molecule has 2 aromatic heterocycles. The van der Waals surface area contributed by atoms with E-state index in [1.165, 1.54) is 0 Å². The van der Waals surface area contributed by atoms with Crippen molar-refractivity contribution in [2.45, 2.75) is 12.8 Å². The van der Waals surface area contributed by atoms with E-state index in [1.54, 1.807) is 6.20 Å². The van der Waals surface area contributed by atoms with E-state index in [4.69, 9.17) is 9.63 Å². The van der Waals surface area contributed by atoms with E-state index in [2.05, 4.69) is 15.1 Å². The molecular formula is C9H11N3O2. The van der Waals surface area contributed by atoms with Crippen molar-refractivity contribution in [1.29, 1.82) is 0 Å². The minimum absolute atomic E-state index is 0.139. The van der Waals surface area contributed by atoms with Crippen molar-refractivity contribution in [3.63, 3.8) is 0 Å². The lowest BCUT2D eigenvalue weighted by molar-refractivity contribution is 0.278. The number of aliphatic hydroxyl groups is 1. The van der Waals surface area contributed by atoms with Gasteiger partial charge in [-0.15, -0.1) is 0 Å². The van der Waals surface area contributed by atoms with Gasteiger partial charge in [0.15, 0.2) is 0 Å². The highest BCUT2D eigenvalue weighted by Gasteiger charge is 2.07. The zero-order valence-electron chi connectivity index (χ0n) is 7.60. The van der Waals surface area contributed by atoms with Gasteiger partial charge < -0.3 is 14.6 Å². The molecule has 0 spiro atoms. The molecule has 5 nitrogen and oxygen atoms in total. The number of aromatic amines is 1. The highest BCUT2D eigenvalue weighted by molar-refractivity contribution is 5.47. The van der Waals surface area contributed by atoms with E-state index < -0.39 is 0 Å². The molecule has 0 unspecified atom stereocenters. The van der Waals surface area contributed by atoms with Gasteiger partial charge in [0.2, 0.25) is 11.7 Å². The van der Waals surface area contributed by atoms with Crippen molar-refractivity contribution in [2.75, 3.05) is 6.61 Å². The van der Waals surface area contributed by atoms with E-state index in [1.807, 2.05) is 12.1 Å². The fourth-order valence-electron chi connectivity index (χ4n) is 1.17. The minimum atomic E-state index is 0.139. The summed E-state index contributed by atoms with van der Waals surface area (Å²) in [5.74, 6) is 1.12. The van der Waals surface area contributed by atoms with Crippen molar-refractivity contribution in [3.8, 4) is 11.5 Å². The average molecular weight is 193 g/mol. The third-order valence-electron chi connectivity index (χ3n) is 1.86. The zero-order chi connectivity index (χ0) is 9.80. The Bertz CT molecular complexity index is 380. The first kappa shape index (κ1) is 8.96. The summed E-state index contributed by atoms with van der Waals surface area (Å²) in [6.45, 7) is 0.139. The van der Waals surface area contributed by atoms with Crippen LogP contribution in [0, 0.1) is 0 Å². The molecule has 0 saturated carbocycles. The maximum Gasteiger partial charge on any atom is 0.227 e. The van der Waals surface area contributed by atoms with E-state index in [0.717, 1.165) is 5.69 Å². The SMILES string of the molecule is OCCCc1nc(-c2ccc[nH]2)no1. The second-order valence-corrected chi connectivity index (χ2v) is 2.92. The Morgan fingerprint density at radius 1 is 1.50 bits per heavy atom. The molecule has 0 radical (unpaired) electrons. The quantitative estimate of drug-likeness (QED) is 0.759. The molecule has 0 amide bonds. The molecule has 0 atom stereocenters. The first-order valence-corrected chi connectivity index (χ1v) is 4.47. The minimum Gasteiger partial charge on any atom is -0.396 e. The van der Waals surface area contributed by atoms with Crippen LogP contribution in [0.2, 0.25) is 0 Å². The van der Waals surface area contributed by atoms with Crippen LogP contribution in [-0.4, -0.2) is 26.8 Å². The number of rotatable bonds is 4. The predicted octanol–water partition coefficient (Wildman–Crippen LogP) is 0.990. The Hall–Kier alpha value is -1.62. The van der Waals surface area contributed by atoms with Crippen LogP contribution in [0.4, 0.5) is 0 Å². The third-order valence-corrected chi connectivity index (χ3v) is 1.86. The van der Waals surface area contributed by atoms with Gasteiger partial charge in [0.25, 0.3) is 0 Å². The van der Waals surface area contributed by atoms with Crippen LogP contribution in [0.15, 0.2) is 22.9 Å². The van der Waals surface area contributed by atoms with Gasteiger partial charge in [-0.3, -0.25) is 0 Å². The molecular weight excluding hydrogens is 182 g/mol. The van der Waals surface area contributed by atoms with E-state index in [-0.39, 0.29) is 6.61 Å². The molecule has 0 saturated heterocycles. The molecule has 14 heavy (non-hydrogen) atoms. The molecule has 5 heteroatoms. The molecule has 0 aromatic carbocycles. The number of nitrogens with zero attached hydrogens (tertiary/aromatic N) is 2. The van der Waals surface area contributed by atoms with Crippen LogP contribution in [0.3, 0.4) is 0 Å². The Balaban J connectivity index is 2.10. The van der Waals surface area contributed by atoms with Crippen LogP contribution in [0.1, 0.15) is 12.3 Å². The van der Waals surface area contributed by atoms with Gasteiger partial charge in [-0.25, -0.2) is 0 Å². The van der Waals surface area contributed by atoms with Gasteiger partial charge in [-0.2, -0.15) is 4.98 Å². The lowest BCUT2D eigenvalue weighted by Gasteiger charge is -1.87. The van der Waals surface area contributed by atoms with Crippen LogP contribution in [0.25, 0.3) is 11.5 Å². The Morgan fingerprint density at radius 3 is 3.14 bits per heavy atom. The fourth-order valence-corrected chi connectivity index (χ4v) is 1.17. The smallest absolute Gasteiger partial charge is 0.227 e. The van der Waals surface area contributed by atoms with Crippen molar-refractivity contribution < 1.29 is 9.63 Å². The lowest BCUT2D eigenvalue weighted by atomic mass is 10.3. The summed E-state index contributed by atoms with van der Waals surface area (Å²) in [6.07, 6.45) is 3.07. The Kier molecular flexibility index (Phi) is 2.60. The summed E-state index contributed by atoms with van der Waals surface area (Å²) in [7, 11) is 0. The normalized spacial score (nSPS) is 10.6. The number of nitrogens with one attached hydrogen (secondary N) is 1. The summed E-state index contributed by atoms with van der Waals surface area (Å²) in [5, 5.41) is 12.4. The summed E-state index contributed by atoms with van der Waals surface area (Å²) >= 11 is 0. The predicted molar refractivity (Wildman–Crippen MR) is 49.5 cm³/mol. The summed E-state index contributed by atoms with van der Waals surface area (Å²) < 4.78 is 5.00. The van der Waals surface area contributed by atoms with Crippen LogP contribution in [-0.2, 0) is 6.42 Å². The van der Waals surface area contributed by atoms with E-state index >= 15 is 0 Å². The highest BCUT2D eigenvalue weighted by atomic mass is 16.5. The zero-order valence-corrected chi connectivity index (χ0v) is 7.60. The number of hydrogen-bond acceptors (Lipinski definition) is 4.